The zero-order chi connectivity index (χ0) is 18.9. The van der Waals surface area contributed by atoms with Crippen molar-refractivity contribution in [3.05, 3.63) is 35.9 Å². The van der Waals surface area contributed by atoms with Crippen LogP contribution in [0.5, 0.6) is 0 Å². The topological polar surface area (TPSA) is 81.1 Å². The molecule has 0 aromatic heterocycles. The summed E-state index contributed by atoms with van der Waals surface area (Å²) in [5, 5.41) is 20.3. The molecule has 2 N–H and O–H groups in total. The summed E-state index contributed by atoms with van der Waals surface area (Å²) in [4.78, 5) is 28.3. The quantitative estimate of drug-likeness (QED) is 0.788. The van der Waals surface area contributed by atoms with Crippen LogP contribution in [0, 0.1) is 5.92 Å². The molecule has 26 heavy (non-hydrogen) atoms. The highest BCUT2D eigenvalue weighted by molar-refractivity contribution is 6.07. The van der Waals surface area contributed by atoms with Crippen molar-refractivity contribution >= 4 is 23.2 Å². The number of nitrogens with zero attached hydrogens (tertiary/aromatic N) is 2. The van der Waals surface area contributed by atoms with Crippen LogP contribution in [0.25, 0.3) is 0 Å². The lowest BCUT2D eigenvalue weighted by atomic mass is 9.82. The van der Waals surface area contributed by atoms with Crippen molar-refractivity contribution < 1.29 is 19.8 Å². The minimum atomic E-state index is -1.68. The van der Waals surface area contributed by atoms with Crippen LogP contribution in [-0.4, -0.2) is 42.2 Å². The lowest BCUT2D eigenvalue weighted by molar-refractivity contribution is -0.139. The number of carbonyl (C=O) groups excluding carboxylic acids is 2. The summed E-state index contributed by atoms with van der Waals surface area (Å²) < 4.78 is 0. The van der Waals surface area contributed by atoms with Crippen LogP contribution >= 0.6 is 0 Å². The lowest BCUT2D eigenvalue weighted by Crippen LogP contribution is -2.43. The summed E-state index contributed by atoms with van der Waals surface area (Å²) in [7, 11) is 1.65. The maximum atomic E-state index is 12.8. The van der Waals surface area contributed by atoms with Gasteiger partial charge in [0.05, 0.1) is 5.69 Å². The number of anilines is 2. The summed E-state index contributed by atoms with van der Waals surface area (Å²) in [5.41, 5.74) is 0.238. The fourth-order valence-electron chi connectivity index (χ4n) is 3.80. The van der Waals surface area contributed by atoms with Crippen molar-refractivity contribution in [3.8, 4) is 0 Å². The molecule has 0 spiro atoms. The molecular formula is C20H26N2O4. The van der Waals surface area contributed by atoms with Gasteiger partial charge in [-0.05, 0) is 37.5 Å². The Morgan fingerprint density at radius 1 is 1.31 bits per heavy atom. The molecule has 1 aromatic carbocycles. The van der Waals surface area contributed by atoms with Gasteiger partial charge in [0.25, 0.3) is 5.91 Å². The first-order valence-electron chi connectivity index (χ1n) is 9.14. The number of hydrogen-bond donors (Lipinski definition) is 2. The molecule has 2 amide bonds. The molecular weight excluding hydrogens is 332 g/mol. The summed E-state index contributed by atoms with van der Waals surface area (Å²) in [6.07, 6.45) is 6.38. The molecule has 0 saturated carbocycles. The second kappa shape index (κ2) is 7.21. The molecule has 2 heterocycles. The Labute approximate surface area is 153 Å². The summed E-state index contributed by atoms with van der Waals surface area (Å²) in [6, 6.07) is 5.41. The van der Waals surface area contributed by atoms with Crippen molar-refractivity contribution in [3.63, 3.8) is 0 Å². The second-order valence-electron chi connectivity index (χ2n) is 7.06. The number of carbonyl (C=O) groups is 2. The molecule has 3 rings (SSSR count). The number of fused-ring (bicyclic) bond motifs is 1. The van der Waals surface area contributed by atoms with E-state index in [2.05, 4.69) is 0 Å². The van der Waals surface area contributed by atoms with E-state index < -0.39 is 11.5 Å². The average molecular weight is 358 g/mol. The third-order valence-electron chi connectivity index (χ3n) is 5.40. The van der Waals surface area contributed by atoms with Crippen molar-refractivity contribution in [2.45, 2.75) is 38.2 Å². The van der Waals surface area contributed by atoms with Crippen LogP contribution < -0.4 is 9.80 Å². The van der Waals surface area contributed by atoms with E-state index in [1.54, 1.807) is 43.2 Å². The molecule has 1 fully saturated rings. The van der Waals surface area contributed by atoms with Crippen molar-refractivity contribution in [1.29, 1.82) is 0 Å². The SMILES string of the molecule is C[C@@H](/C=C/CCO)[C@]1(O)C(=O)N(C)c2ccc(N3CCCCC3=O)cc21. The number of rotatable bonds is 5. The highest BCUT2D eigenvalue weighted by Crippen LogP contribution is 2.46. The van der Waals surface area contributed by atoms with Gasteiger partial charge in [-0.2, -0.15) is 0 Å². The fourth-order valence-corrected chi connectivity index (χ4v) is 3.80. The van der Waals surface area contributed by atoms with E-state index in [4.69, 9.17) is 5.11 Å². The van der Waals surface area contributed by atoms with Gasteiger partial charge in [0, 0.05) is 43.8 Å². The van der Waals surface area contributed by atoms with Gasteiger partial charge in [0.2, 0.25) is 5.91 Å². The third-order valence-corrected chi connectivity index (χ3v) is 5.40. The van der Waals surface area contributed by atoms with Gasteiger partial charge in [-0.3, -0.25) is 9.59 Å². The van der Waals surface area contributed by atoms with E-state index in [0.717, 1.165) is 18.5 Å². The van der Waals surface area contributed by atoms with Gasteiger partial charge in [-0.15, -0.1) is 0 Å². The van der Waals surface area contributed by atoms with Crippen molar-refractivity contribution in [2.24, 2.45) is 5.92 Å². The Kier molecular flexibility index (Phi) is 5.16. The molecule has 0 radical (unpaired) electrons. The predicted octanol–water partition coefficient (Wildman–Crippen LogP) is 1.94. The summed E-state index contributed by atoms with van der Waals surface area (Å²) in [6.45, 7) is 2.46. The highest BCUT2D eigenvalue weighted by atomic mass is 16.3. The van der Waals surface area contributed by atoms with Crippen LogP contribution in [0.2, 0.25) is 0 Å². The molecule has 140 valence electrons. The van der Waals surface area contributed by atoms with Gasteiger partial charge in [-0.25, -0.2) is 0 Å². The smallest absolute Gasteiger partial charge is 0.264 e. The van der Waals surface area contributed by atoms with E-state index in [0.29, 0.717) is 30.6 Å². The molecule has 1 saturated heterocycles. The first kappa shape index (κ1) is 18.6. The molecule has 0 bridgehead atoms. The lowest BCUT2D eigenvalue weighted by Gasteiger charge is -2.29. The normalized spacial score (nSPS) is 24.5. The Hall–Kier alpha value is -2.18. The van der Waals surface area contributed by atoms with Crippen molar-refractivity contribution in [2.75, 3.05) is 30.0 Å². The molecule has 2 atom stereocenters. The maximum Gasteiger partial charge on any atom is 0.264 e. The maximum absolute atomic E-state index is 12.8. The zero-order valence-corrected chi connectivity index (χ0v) is 15.3. The molecule has 6 heteroatoms. The van der Waals surface area contributed by atoms with E-state index >= 15 is 0 Å². The van der Waals surface area contributed by atoms with Gasteiger partial charge in [-0.1, -0.05) is 19.1 Å². The average Bonchev–Trinajstić information content (AvgIpc) is 2.84. The monoisotopic (exact) mass is 358 g/mol. The third kappa shape index (κ3) is 2.93. The highest BCUT2D eigenvalue weighted by Gasteiger charge is 2.51. The van der Waals surface area contributed by atoms with Gasteiger partial charge < -0.3 is 20.0 Å². The van der Waals surface area contributed by atoms with Crippen LogP contribution in [0.4, 0.5) is 11.4 Å². The molecule has 6 nitrogen and oxygen atoms in total. The minimum absolute atomic E-state index is 0.0211. The first-order valence-corrected chi connectivity index (χ1v) is 9.14. The molecule has 0 aliphatic carbocycles. The largest absolute Gasteiger partial charge is 0.396 e. The molecule has 1 aromatic rings. The summed E-state index contributed by atoms with van der Waals surface area (Å²) >= 11 is 0. The number of piperidine rings is 1. The Bertz CT molecular complexity index is 745. The van der Waals surface area contributed by atoms with Crippen LogP contribution in [0.15, 0.2) is 30.4 Å². The minimum Gasteiger partial charge on any atom is -0.396 e. The van der Waals surface area contributed by atoms with Gasteiger partial charge >= 0.3 is 0 Å². The first-order chi connectivity index (χ1) is 12.4. The predicted molar refractivity (Wildman–Crippen MR) is 100.0 cm³/mol. The molecule has 0 unspecified atom stereocenters. The van der Waals surface area contributed by atoms with Crippen LogP contribution in [0.1, 0.15) is 38.2 Å². The summed E-state index contributed by atoms with van der Waals surface area (Å²) in [5.74, 6) is -0.762. The van der Waals surface area contributed by atoms with Crippen molar-refractivity contribution in [1.82, 2.24) is 0 Å². The fraction of sp³-hybridized carbons (Fsp3) is 0.500. The molecule has 2 aliphatic heterocycles. The van der Waals surface area contributed by atoms with Crippen LogP contribution in [-0.2, 0) is 15.2 Å². The number of amides is 2. The molecule has 2 aliphatic rings. The standard InChI is InChI=1S/C20H26N2O4/c1-14(7-4-6-12-23)20(26)16-13-15(22-11-5-3-8-18(22)24)9-10-17(16)21(2)19(20)25/h4,7,9-10,13-14,23,26H,3,5-6,8,11-12H2,1-2H3/b7-4+/t14-,20+/m0/s1. The van der Waals surface area contributed by atoms with Gasteiger partial charge in [0.1, 0.15) is 0 Å². The number of aliphatic hydroxyl groups excluding tert-OH is 1. The Morgan fingerprint density at radius 3 is 2.77 bits per heavy atom. The van der Waals surface area contributed by atoms with Gasteiger partial charge in [0.15, 0.2) is 5.60 Å². The zero-order valence-electron chi connectivity index (χ0n) is 15.3. The Balaban J connectivity index is 2.01. The van der Waals surface area contributed by atoms with E-state index in [9.17, 15) is 14.7 Å². The van der Waals surface area contributed by atoms with E-state index in [-0.39, 0.29) is 18.4 Å². The number of likely N-dealkylation sites (N-methyl/N-ethyl adjacent to an activating group) is 1. The Morgan fingerprint density at radius 2 is 2.08 bits per heavy atom. The number of aliphatic hydroxyl groups is 2. The van der Waals surface area contributed by atoms with Crippen LogP contribution in [0.3, 0.4) is 0 Å². The number of hydrogen-bond acceptors (Lipinski definition) is 4. The second-order valence-corrected chi connectivity index (χ2v) is 7.06. The van der Waals surface area contributed by atoms with E-state index in [1.165, 1.54) is 4.90 Å². The number of benzene rings is 1. The van der Waals surface area contributed by atoms with E-state index in [1.807, 2.05) is 6.07 Å².